The summed E-state index contributed by atoms with van der Waals surface area (Å²) in [6.45, 7) is 3.43. The van der Waals surface area contributed by atoms with Crippen LogP contribution in [-0.2, 0) is 0 Å². The zero-order valence-corrected chi connectivity index (χ0v) is 14.4. The smallest absolute Gasteiger partial charge is 0.118 e. The molecule has 2 N–H and O–H groups in total. The molecule has 1 fully saturated rings. The Kier molecular flexibility index (Phi) is 5.89. The molecule has 3 heteroatoms. The van der Waals surface area contributed by atoms with Crippen LogP contribution in [0.4, 0.5) is 0 Å². The Balaban J connectivity index is 1.82. The van der Waals surface area contributed by atoms with Gasteiger partial charge in [0, 0.05) is 0 Å². The van der Waals surface area contributed by atoms with Gasteiger partial charge in [0.25, 0.3) is 0 Å². The van der Waals surface area contributed by atoms with Crippen LogP contribution >= 0.6 is 0 Å². The maximum Gasteiger partial charge on any atom is 0.118 e. The van der Waals surface area contributed by atoms with E-state index in [0.29, 0.717) is 0 Å². The SMILES string of the molecule is COc1ccc([C@H](O)[C@H](C[NH+]2CCCCC2)c2ccccc2)cc1. The van der Waals surface area contributed by atoms with Crippen LogP contribution in [0.3, 0.4) is 0 Å². The first-order valence-corrected chi connectivity index (χ1v) is 8.98. The molecular weight excluding hydrogens is 298 g/mol. The zero-order chi connectivity index (χ0) is 16.8. The second-order valence-electron chi connectivity index (χ2n) is 6.75. The van der Waals surface area contributed by atoms with Gasteiger partial charge in [-0.05, 0) is 42.5 Å². The number of ether oxygens (including phenoxy) is 1. The van der Waals surface area contributed by atoms with Crippen LogP contribution in [-0.4, -0.2) is 31.9 Å². The van der Waals surface area contributed by atoms with Gasteiger partial charge < -0.3 is 14.7 Å². The van der Waals surface area contributed by atoms with Crippen LogP contribution in [0.25, 0.3) is 0 Å². The van der Waals surface area contributed by atoms with Crippen LogP contribution in [0.15, 0.2) is 54.6 Å². The lowest BCUT2D eigenvalue weighted by atomic mass is 9.88. The largest absolute Gasteiger partial charge is 0.497 e. The molecule has 128 valence electrons. The second kappa shape index (κ2) is 8.32. The lowest BCUT2D eigenvalue weighted by molar-refractivity contribution is -0.906. The number of likely N-dealkylation sites (tertiary alicyclic amines) is 1. The van der Waals surface area contributed by atoms with E-state index in [0.717, 1.165) is 17.9 Å². The Morgan fingerprint density at radius 1 is 0.917 bits per heavy atom. The fourth-order valence-electron chi connectivity index (χ4n) is 3.71. The first-order valence-electron chi connectivity index (χ1n) is 8.98. The number of aliphatic hydroxyl groups is 1. The van der Waals surface area contributed by atoms with Crippen molar-refractivity contribution in [2.45, 2.75) is 31.3 Å². The van der Waals surface area contributed by atoms with Crippen LogP contribution < -0.4 is 9.64 Å². The molecule has 1 aliphatic heterocycles. The molecule has 2 aromatic carbocycles. The van der Waals surface area contributed by atoms with Crippen LogP contribution in [0, 0.1) is 0 Å². The summed E-state index contributed by atoms with van der Waals surface area (Å²) in [5.41, 5.74) is 2.18. The van der Waals surface area contributed by atoms with Crippen molar-refractivity contribution in [3.63, 3.8) is 0 Å². The third-order valence-electron chi connectivity index (χ3n) is 5.14. The molecule has 0 spiro atoms. The Labute approximate surface area is 144 Å². The Morgan fingerprint density at radius 3 is 2.21 bits per heavy atom. The number of benzene rings is 2. The molecule has 0 aromatic heterocycles. The van der Waals surface area contributed by atoms with Crippen LogP contribution in [0.1, 0.15) is 42.4 Å². The van der Waals surface area contributed by atoms with E-state index in [1.165, 1.54) is 37.9 Å². The summed E-state index contributed by atoms with van der Waals surface area (Å²) in [5, 5.41) is 11.1. The van der Waals surface area contributed by atoms with E-state index in [-0.39, 0.29) is 5.92 Å². The highest BCUT2D eigenvalue weighted by atomic mass is 16.5. The number of hydrogen-bond donors (Lipinski definition) is 2. The van der Waals surface area contributed by atoms with Gasteiger partial charge in [0.2, 0.25) is 0 Å². The molecule has 1 saturated heterocycles. The van der Waals surface area contributed by atoms with Crippen molar-refractivity contribution in [3.05, 3.63) is 65.7 Å². The van der Waals surface area contributed by atoms with Gasteiger partial charge in [-0.3, -0.25) is 0 Å². The van der Waals surface area contributed by atoms with Gasteiger partial charge in [0.05, 0.1) is 38.8 Å². The number of quaternary nitrogens is 1. The van der Waals surface area contributed by atoms with E-state index in [2.05, 4.69) is 24.3 Å². The fraction of sp³-hybridized carbons (Fsp3) is 0.429. The summed E-state index contributed by atoms with van der Waals surface area (Å²) in [5.74, 6) is 0.941. The topological polar surface area (TPSA) is 33.9 Å². The quantitative estimate of drug-likeness (QED) is 0.855. The third kappa shape index (κ3) is 4.16. The average Bonchev–Trinajstić information content (AvgIpc) is 2.67. The van der Waals surface area contributed by atoms with E-state index in [4.69, 9.17) is 4.74 Å². The van der Waals surface area contributed by atoms with Crippen molar-refractivity contribution in [1.82, 2.24) is 0 Å². The third-order valence-corrected chi connectivity index (χ3v) is 5.14. The van der Waals surface area contributed by atoms with E-state index in [1.54, 1.807) is 12.0 Å². The van der Waals surface area contributed by atoms with Crippen LogP contribution in [0.5, 0.6) is 5.75 Å². The normalized spacial score (nSPS) is 18.1. The minimum Gasteiger partial charge on any atom is -0.497 e. The molecule has 2 atom stereocenters. The van der Waals surface area contributed by atoms with Gasteiger partial charge in [0.15, 0.2) is 0 Å². The number of hydrogen-bond acceptors (Lipinski definition) is 2. The van der Waals surface area contributed by atoms with Crippen LogP contribution in [0.2, 0.25) is 0 Å². The highest BCUT2D eigenvalue weighted by Crippen LogP contribution is 2.31. The molecule has 2 aromatic rings. The Morgan fingerprint density at radius 2 is 1.58 bits per heavy atom. The van der Waals surface area contributed by atoms with E-state index in [1.807, 2.05) is 30.3 Å². The predicted octanol–water partition coefficient (Wildman–Crippen LogP) is 2.58. The monoisotopic (exact) mass is 326 g/mol. The van der Waals surface area contributed by atoms with Crippen molar-refractivity contribution in [1.29, 1.82) is 0 Å². The summed E-state index contributed by atoms with van der Waals surface area (Å²) >= 11 is 0. The highest BCUT2D eigenvalue weighted by Gasteiger charge is 2.28. The molecule has 0 bridgehead atoms. The van der Waals surface area contributed by atoms with Crippen molar-refractivity contribution in [2.24, 2.45) is 0 Å². The summed E-state index contributed by atoms with van der Waals surface area (Å²) in [7, 11) is 1.66. The summed E-state index contributed by atoms with van der Waals surface area (Å²) in [6, 6.07) is 18.2. The minimum absolute atomic E-state index is 0.118. The zero-order valence-electron chi connectivity index (χ0n) is 14.4. The highest BCUT2D eigenvalue weighted by molar-refractivity contribution is 5.31. The molecule has 3 rings (SSSR count). The lowest BCUT2D eigenvalue weighted by Gasteiger charge is -2.30. The van der Waals surface area contributed by atoms with Gasteiger partial charge in [-0.15, -0.1) is 0 Å². The first kappa shape index (κ1) is 17.0. The Bertz CT molecular complexity index is 605. The van der Waals surface area contributed by atoms with Gasteiger partial charge >= 0.3 is 0 Å². The molecule has 0 aliphatic carbocycles. The number of rotatable bonds is 6. The molecule has 1 heterocycles. The molecule has 24 heavy (non-hydrogen) atoms. The number of nitrogens with one attached hydrogen (secondary N) is 1. The number of aliphatic hydroxyl groups excluding tert-OH is 1. The molecule has 3 nitrogen and oxygen atoms in total. The predicted molar refractivity (Wildman–Crippen MR) is 96.6 cm³/mol. The molecule has 0 radical (unpaired) electrons. The maximum atomic E-state index is 11.1. The number of piperidine rings is 1. The van der Waals surface area contributed by atoms with Crippen molar-refractivity contribution < 1.29 is 14.7 Å². The standard InChI is InChI=1S/C21H27NO2/c1-24-19-12-10-18(11-13-19)21(23)20(17-8-4-2-5-9-17)16-22-14-6-3-7-15-22/h2,4-5,8-13,20-21,23H,3,6-7,14-16H2,1H3/p+1/t20-,21+/m1/s1. The van der Waals surface area contributed by atoms with E-state index in [9.17, 15) is 5.11 Å². The van der Waals surface area contributed by atoms with Gasteiger partial charge in [0.1, 0.15) is 5.75 Å². The fourth-order valence-corrected chi connectivity index (χ4v) is 3.71. The lowest BCUT2D eigenvalue weighted by Crippen LogP contribution is -3.13. The molecule has 0 unspecified atom stereocenters. The maximum absolute atomic E-state index is 11.1. The summed E-state index contributed by atoms with van der Waals surface area (Å²) in [6.07, 6.45) is 3.46. The molecule has 0 saturated carbocycles. The first-order chi connectivity index (χ1) is 11.8. The van der Waals surface area contributed by atoms with Crippen molar-refractivity contribution in [2.75, 3.05) is 26.7 Å². The van der Waals surface area contributed by atoms with Crippen molar-refractivity contribution >= 4 is 0 Å². The van der Waals surface area contributed by atoms with E-state index >= 15 is 0 Å². The summed E-state index contributed by atoms with van der Waals surface area (Å²) < 4.78 is 5.23. The minimum atomic E-state index is -0.493. The van der Waals surface area contributed by atoms with Gasteiger partial charge in [-0.1, -0.05) is 42.5 Å². The van der Waals surface area contributed by atoms with Gasteiger partial charge in [-0.25, -0.2) is 0 Å². The Hall–Kier alpha value is -1.84. The molecular formula is C21H28NO2+. The van der Waals surface area contributed by atoms with Gasteiger partial charge in [-0.2, -0.15) is 0 Å². The molecule has 0 amide bonds. The second-order valence-corrected chi connectivity index (χ2v) is 6.75. The number of methoxy groups -OCH3 is 1. The molecule has 1 aliphatic rings. The summed E-state index contributed by atoms with van der Waals surface area (Å²) in [4.78, 5) is 1.61. The van der Waals surface area contributed by atoms with Crippen molar-refractivity contribution in [3.8, 4) is 5.75 Å². The average molecular weight is 326 g/mol. The van der Waals surface area contributed by atoms with E-state index < -0.39 is 6.10 Å².